The third-order valence-corrected chi connectivity index (χ3v) is 4.20. The van der Waals surface area contributed by atoms with Crippen molar-refractivity contribution in [2.75, 3.05) is 24.9 Å². The predicted molar refractivity (Wildman–Crippen MR) is 109 cm³/mol. The molecule has 3 rings (SSSR count). The molecule has 7 heteroatoms. The summed E-state index contributed by atoms with van der Waals surface area (Å²) in [6.45, 7) is 4.05. The van der Waals surface area contributed by atoms with E-state index in [1.165, 1.54) is 19.0 Å². The van der Waals surface area contributed by atoms with Crippen LogP contribution in [-0.4, -0.2) is 30.1 Å². The average Bonchev–Trinajstić information content (AvgIpc) is 2.70. The van der Waals surface area contributed by atoms with Gasteiger partial charge in [-0.05, 0) is 37.6 Å². The van der Waals surface area contributed by atoms with E-state index in [9.17, 15) is 4.79 Å². The molecular formula is C21H22N4O3. The van der Waals surface area contributed by atoms with Gasteiger partial charge in [-0.15, -0.1) is 0 Å². The molecule has 2 N–H and O–H groups in total. The first-order valence-corrected chi connectivity index (χ1v) is 8.70. The molecule has 3 aromatic rings. The second-order valence-electron chi connectivity index (χ2n) is 6.25. The van der Waals surface area contributed by atoms with Gasteiger partial charge in [-0.2, -0.15) is 0 Å². The van der Waals surface area contributed by atoms with E-state index in [0.717, 1.165) is 11.3 Å². The second kappa shape index (κ2) is 8.39. The topological polar surface area (TPSA) is 85.4 Å². The SMILES string of the molecule is COc1ccc(NC(=O)c2cc(Nc3ccc(C)cc3C)ncn2)c(OC)c1. The minimum absolute atomic E-state index is 0.236. The number of anilines is 3. The molecule has 144 valence electrons. The Kier molecular flexibility index (Phi) is 5.74. The molecule has 0 aliphatic rings. The number of amides is 1. The van der Waals surface area contributed by atoms with Gasteiger partial charge in [-0.25, -0.2) is 9.97 Å². The summed E-state index contributed by atoms with van der Waals surface area (Å²) in [6.07, 6.45) is 1.35. The highest BCUT2D eigenvalue weighted by molar-refractivity contribution is 6.04. The lowest BCUT2D eigenvalue weighted by atomic mass is 10.1. The van der Waals surface area contributed by atoms with Crippen LogP contribution in [0.15, 0.2) is 48.8 Å². The van der Waals surface area contributed by atoms with Crippen molar-refractivity contribution in [1.29, 1.82) is 0 Å². The largest absolute Gasteiger partial charge is 0.497 e. The van der Waals surface area contributed by atoms with Crippen molar-refractivity contribution in [2.45, 2.75) is 13.8 Å². The number of carbonyl (C=O) groups excluding carboxylic acids is 1. The van der Waals surface area contributed by atoms with E-state index in [1.54, 1.807) is 31.4 Å². The van der Waals surface area contributed by atoms with E-state index < -0.39 is 0 Å². The van der Waals surface area contributed by atoms with Crippen LogP contribution in [0, 0.1) is 13.8 Å². The third-order valence-electron chi connectivity index (χ3n) is 4.20. The monoisotopic (exact) mass is 378 g/mol. The molecule has 2 aromatic carbocycles. The number of carbonyl (C=O) groups is 1. The van der Waals surface area contributed by atoms with Crippen molar-refractivity contribution >= 4 is 23.1 Å². The lowest BCUT2D eigenvalue weighted by molar-refractivity contribution is 0.102. The maximum absolute atomic E-state index is 12.6. The maximum Gasteiger partial charge on any atom is 0.274 e. The number of methoxy groups -OCH3 is 2. The molecule has 28 heavy (non-hydrogen) atoms. The Morgan fingerprint density at radius 2 is 1.71 bits per heavy atom. The van der Waals surface area contributed by atoms with Crippen LogP contribution in [-0.2, 0) is 0 Å². The van der Waals surface area contributed by atoms with E-state index in [2.05, 4.69) is 26.7 Å². The van der Waals surface area contributed by atoms with Gasteiger partial charge < -0.3 is 20.1 Å². The molecule has 1 amide bonds. The molecule has 0 aliphatic heterocycles. The molecule has 0 bridgehead atoms. The van der Waals surface area contributed by atoms with Crippen molar-refractivity contribution in [3.8, 4) is 11.5 Å². The Hall–Kier alpha value is -3.61. The molecular weight excluding hydrogens is 356 g/mol. The zero-order chi connectivity index (χ0) is 20.1. The number of aryl methyl sites for hydroxylation is 2. The molecule has 0 unspecified atom stereocenters. The summed E-state index contributed by atoms with van der Waals surface area (Å²) in [5.74, 6) is 1.30. The Balaban J connectivity index is 1.79. The van der Waals surface area contributed by atoms with Gasteiger partial charge in [-0.3, -0.25) is 4.79 Å². The van der Waals surface area contributed by atoms with Crippen molar-refractivity contribution in [1.82, 2.24) is 9.97 Å². The molecule has 0 atom stereocenters. The van der Waals surface area contributed by atoms with Gasteiger partial charge in [-0.1, -0.05) is 17.7 Å². The maximum atomic E-state index is 12.6. The third kappa shape index (κ3) is 4.37. The fourth-order valence-electron chi connectivity index (χ4n) is 2.73. The number of ether oxygens (including phenoxy) is 2. The fraction of sp³-hybridized carbons (Fsp3) is 0.190. The summed E-state index contributed by atoms with van der Waals surface area (Å²) in [6, 6.07) is 12.8. The zero-order valence-corrected chi connectivity index (χ0v) is 16.2. The Morgan fingerprint density at radius 1 is 0.929 bits per heavy atom. The molecule has 0 saturated heterocycles. The highest BCUT2D eigenvalue weighted by Crippen LogP contribution is 2.29. The van der Waals surface area contributed by atoms with Crippen molar-refractivity contribution in [3.63, 3.8) is 0 Å². The highest BCUT2D eigenvalue weighted by atomic mass is 16.5. The summed E-state index contributed by atoms with van der Waals surface area (Å²) in [7, 11) is 3.10. The van der Waals surface area contributed by atoms with Gasteiger partial charge in [0.2, 0.25) is 0 Å². The van der Waals surface area contributed by atoms with Crippen molar-refractivity contribution in [3.05, 3.63) is 65.6 Å². The van der Waals surface area contributed by atoms with Gasteiger partial charge >= 0.3 is 0 Å². The first-order chi connectivity index (χ1) is 13.5. The van der Waals surface area contributed by atoms with E-state index >= 15 is 0 Å². The van der Waals surface area contributed by atoms with Gasteiger partial charge in [0.1, 0.15) is 29.3 Å². The summed E-state index contributed by atoms with van der Waals surface area (Å²) in [5, 5.41) is 6.03. The van der Waals surface area contributed by atoms with Gasteiger partial charge in [0, 0.05) is 17.8 Å². The lowest BCUT2D eigenvalue weighted by Gasteiger charge is -2.12. The number of aromatic nitrogens is 2. The minimum Gasteiger partial charge on any atom is -0.497 e. The van der Waals surface area contributed by atoms with Crippen molar-refractivity contribution < 1.29 is 14.3 Å². The minimum atomic E-state index is -0.366. The summed E-state index contributed by atoms with van der Waals surface area (Å²) < 4.78 is 10.5. The van der Waals surface area contributed by atoms with Gasteiger partial charge in [0.25, 0.3) is 5.91 Å². The highest BCUT2D eigenvalue weighted by Gasteiger charge is 2.13. The molecule has 7 nitrogen and oxygen atoms in total. The van der Waals surface area contributed by atoms with Crippen LogP contribution >= 0.6 is 0 Å². The van der Waals surface area contributed by atoms with Gasteiger partial charge in [0.15, 0.2) is 0 Å². The smallest absolute Gasteiger partial charge is 0.274 e. The molecule has 0 aliphatic carbocycles. The Morgan fingerprint density at radius 3 is 2.43 bits per heavy atom. The first-order valence-electron chi connectivity index (χ1n) is 8.70. The van der Waals surface area contributed by atoms with Crippen LogP contribution in [0.25, 0.3) is 0 Å². The predicted octanol–water partition coefficient (Wildman–Crippen LogP) is 4.11. The first kappa shape index (κ1) is 19.2. The van der Waals surface area contributed by atoms with E-state index in [4.69, 9.17) is 9.47 Å². The second-order valence-corrected chi connectivity index (χ2v) is 6.25. The number of benzene rings is 2. The number of rotatable bonds is 6. The van der Waals surface area contributed by atoms with Crippen molar-refractivity contribution in [2.24, 2.45) is 0 Å². The van der Waals surface area contributed by atoms with Crippen LogP contribution in [0.4, 0.5) is 17.2 Å². The number of hydrogen-bond donors (Lipinski definition) is 2. The molecule has 0 spiro atoms. The molecule has 1 aromatic heterocycles. The van der Waals surface area contributed by atoms with Crippen LogP contribution < -0.4 is 20.1 Å². The van der Waals surface area contributed by atoms with Crippen LogP contribution in [0.3, 0.4) is 0 Å². The molecule has 0 radical (unpaired) electrons. The number of nitrogens with one attached hydrogen (secondary N) is 2. The average molecular weight is 378 g/mol. The number of hydrogen-bond acceptors (Lipinski definition) is 6. The van der Waals surface area contributed by atoms with E-state index in [-0.39, 0.29) is 11.6 Å². The van der Waals surface area contributed by atoms with Crippen LogP contribution in [0.1, 0.15) is 21.6 Å². The summed E-state index contributed by atoms with van der Waals surface area (Å²) in [5.41, 5.74) is 3.95. The van der Waals surface area contributed by atoms with E-state index in [0.29, 0.717) is 23.0 Å². The quantitative estimate of drug-likeness (QED) is 0.671. The Bertz CT molecular complexity index is 1000. The van der Waals surface area contributed by atoms with Crippen LogP contribution in [0.2, 0.25) is 0 Å². The Labute approximate surface area is 163 Å². The lowest BCUT2D eigenvalue weighted by Crippen LogP contribution is -2.15. The molecule has 1 heterocycles. The van der Waals surface area contributed by atoms with E-state index in [1.807, 2.05) is 26.0 Å². The molecule has 0 saturated carbocycles. The fourth-order valence-corrected chi connectivity index (χ4v) is 2.73. The normalized spacial score (nSPS) is 10.3. The molecule has 0 fully saturated rings. The summed E-state index contributed by atoms with van der Waals surface area (Å²) in [4.78, 5) is 20.9. The number of nitrogens with zero attached hydrogens (tertiary/aromatic N) is 2. The summed E-state index contributed by atoms with van der Waals surface area (Å²) >= 11 is 0. The van der Waals surface area contributed by atoms with Crippen LogP contribution in [0.5, 0.6) is 11.5 Å². The standard InChI is InChI=1S/C21H22N4O3/c1-13-5-7-16(14(2)9-13)24-20-11-18(22-12-23-20)21(26)25-17-8-6-15(27-3)10-19(17)28-4/h5-12H,1-4H3,(H,25,26)(H,22,23,24). The van der Waals surface area contributed by atoms with Gasteiger partial charge in [0.05, 0.1) is 19.9 Å². The zero-order valence-electron chi connectivity index (χ0n) is 16.2.